The number of ether oxygens (including phenoxy) is 2. The van der Waals surface area contributed by atoms with Gasteiger partial charge in [-0.05, 0) is 36.6 Å². The summed E-state index contributed by atoms with van der Waals surface area (Å²) in [6.45, 7) is 4.29. The number of rotatable bonds is 8. The van der Waals surface area contributed by atoms with Crippen LogP contribution >= 0.6 is 0 Å². The normalized spacial score (nSPS) is 11.5. The number of methoxy groups -OCH3 is 1. The highest BCUT2D eigenvalue weighted by atomic mass is 16.5. The second-order valence-electron chi connectivity index (χ2n) is 6.11. The molecular formula is C21H25NO4. The molecule has 0 radical (unpaired) electrons. The Morgan fingerprint density at radius 2 is 1.77 bits per heavy atom. The molecule has 1 N–H and O–H groups in total. The summed E-state index contributed by atoms with van der Waals surface area (Å²) >= 11 is 0. The summed E-state index contributed by atoms with van der Waals surface area (Å²) in [6, 6.07) is 14.8. The smallest absolute Gasteiger partial charge is 0.307 e. The van der Waals surface area contributed by atoms with E-state index in [-0.39, 0.29) is 31.3 Å². The van der Waals surface area contributed by atoms with Gasteiger partial charge in [0.05, 0.1) is 32.6 Å². The third kappa shape index (κ3) is 5.62. The van der Waals surface area contributed by atoms with Gasteiger partial charge in [-0.1, -0.05) is 42.5 Å². The first kappa shape index (κ1) is 19.5. The lowest BCUT2D eigenvalue weighted by atomic mass is 10.0. The molecule has 0 saturated heterocycles. The molecule has 0 bridgehead atoms. The number of hydrogen-bond acceptors (Lipinski definition) is 4. The summed E-state index contributed by atoms with van der Waals surface area (Å²) in [7, 11) is 1.34. The van der Waals surface area contributed by atoms with Crippen LogP contribution in [0.3, 0.4) is 0 Å². The SMILES string of the molecule is COC(=O)CC(NC(=O)CCOc1cccc(C)c1C)c1ccccc1. The summed E-state index contributed by atoms with van der Waals surface area (Å²) < 4.78 is 10.5. The number of carbonyl (C=O) groups is 2. The zero-order valence-corrected chi connectivity index (χ0v) is 15.5. The van der Waals surface area contributed by atoms with E-state index < -0.39 is 6.04 Å². The standard InChI is InChI=1S/C21H25NO4/c1-15-8-7-11-19(16(15)2)26-13-12-20(23)22-18(14-21(24)25-3)17-9-5-4-6-10-17/h4-11,18H,12-14H2,1-3H3,(H,22,23). The molecule has 0 aliphatic carbocycles. The van der Waals surface area contributed by atoms with Gasteiger partial charge in [0.25, 0.3) is 0 Å². The maximum Gasteiger partial charge on any atom is 0.307 e. The summed E-state index contributed by atoms with van der Waals surface area (Å²) in [4.78, 5) is 23.9. The van der Waals surface area contributed by atoms with Crippen LogP contribution in [-0.2, 0) is 14.3 Å². The number of hydrogen-bond donors (Lipinski definition) is 1. The molecule has 5 nitrogen and oxygen atoms in total. The Balaban J connectivity index is 1.92. The molecule has 2 aromatic rings. The highest BCUT2D eigenvalue weighted by molar-refractivity contribution is 5.78. The van der Waals surface area contributed by atoms with E-state index in [9.17, 15) is 9.59 Å². The van der Waals surface area contributed by atoms with Gasteiger partial charge in [0.2, 0.25) is 5.91 Å². The van der Waals surface area contributed by atoms with Crippen molar-refractivity contribution in [2.45, 2.75) is 32.7 Å². The fourth-order valence-electron chi connectivity index (χ4n) is 2.59. The molecule has 0 heterocycles. The summed E-state index contributed by atoms with van der Waals surface area (Å²) in [5, 5.41) is 2.89. The van der Waals surface area contributed by atoms with Gasteiger partial charge in [0.15, 0.2) is 0 Å². The maximum atomic E-state index is 12.3. The average Bonchev–Trinajstić information content (AvgIpc) is 2.65. The van der Waals surface area contributed by atoms with Crippen LogP contribution in [0.25, 0.3) is 0 Å². The Hall–Kier alpha value is -2.82. The third-order valence-electron chi connectivity index (χ3n) is 4.28. The van der Waals surface area contributed by atoms with Gasteiger partial charge in [-0.15, -0.1) is 0 Å². The van der Waals surface area contributed by atoms with Gasteiger partial charge < -0.3 is 14.8 Å². The minimum atomic E-state index is -0.420. The molecule has 26 heavy (non-hydrogen) atoms. The van der Waals surface area contributed by atoms with Crippen molar-refractivity contribution in [1.29, 1.82) is 0 Å². The Bertz CT molecular complexity index is 743. The Morgan fingerprint density at radius 1 is 1.04 bits per heavy atom. The van der Waals surface area contributed by atoms with E-state index in [4.69, 9.17) is 9.47 Å². The van der Waals surface area contributed by atoms with Crippen molar-refractivity contribution < 1.29 is 19.1 Å². The molecule has 5 heteroatoms. The first-order valence-corrected chi connectivity index (χ1v) is 8.61. The zero-order valence-electron chi connectivity index (χ0n) is 15.5. The van der Waals surface area contributed by atoms with E-state index in [1.165, 1.54) is 7.11 Å². The Kier molecular flexibility index (Phi) is 7.21. The number of esters is 1. The van der Waals surface area contributed by atoms with E-state index >= 15 is 0 Å². The van der Waals surface area contributed by atoms with E-state index in [0.29, 0.717) is 0 Å². The van der Waals surface area contributed by atoms with Crippen molar-refractivity contribution in [2.24, 2.45) is 0 Å². The first-order chi connectivity index (χ1) is 12.5. The topological polar surface area (TPSA) is 64.6 Å². The average molecular weight is 355 g/mol. The quantitative estimate of drug-likeness (QED) is 0.736. The van der Waals surface area contributed by atoms with E-state index in [0.717, 1.165) is 22.4 Å². The van der Waals surface area contributed by atoms with Gasteiger partial charge in [-0.3, -0.25) is 9.59 Å². The predicted molar refractivity (Wildman–Crippen MR) is 100.0 cm³/mol. The third-order valence-corrected chi connectivity index (χ3v) is 4.28. The minimum Gasteiger partial charge on any atom is -0.493 e. The molecule has 0 spiro atoms. The number of carbonyl (C=O) groups excluding carboxylic acids is 2. The Labute approximate surface area is 154 Å². The van der Waals surface area contributed by atoms with Crippen LogP contribution in [0.2, 0.25) is 0 Å². The molecule has 138 valence electrons. The molecule has 2 aromatic carbocycles. The number of nitrogens with one attached hydrogen (secondary N) is 1. The fourth-order valence-corrected chi connectivity index (χ4v) is 2.59. The lowest BCUT2D eigenvalue weighted by Gasteiger charge is -2.18. The minimum absolute atomic E-state index is 0.0874. The predicted octanol–water partition coefficient (Wildman–Crippen LogP) is 3.49. The summed E-state index contributed by atoms with van der Waals surface area (Å²) in [5.41, 5.74) is 3.08. The molecule has 2 rings (SSSR count). The van der Waals surface area contributed by atoms with Crippen molar-refractivity contribution in [2.75, 3.05) is 13.7 Å². The van der Waals surface area contributed by atoms with Gasteiger partial charge >= 0.3 is 5.97 Å². The van der Waals surface area contributed by atoms with Gasteiger partial charge in [-0.25, -0.2) is 0 Å². The van der Waals surface area contributed by atoms with Crippen molar-refractivity contribution >= 4 is 11.9 Å². The second kappa shape index (κ2) is 9.61. The number of benzene rings is 2. The van der Waals surface area contributed by atoms with Gasteiger partial charge in [-0.2, -0.15) is 0 Å². The fraction of sp³-hybridized carbons (Fsp3) is 0.333. The van der Waals surface area contributed by atoms with Crippen molar-refractivity contribution in [3.05, 3.63) is 65.2 Å². The van der Waals surface area contributed by atoms with Crippen molar-refractivity contribution in [1.82, 2.24) is 5.32 Å². The van der Waals surface area contributed by atoms with Crippen LogP contribution in [0.15, 0.2) is 48.5 Å². The van der Waals surface area contributed by atoms with Crippen molar-refractivity contribution in [3.63, 3.8) is 0 Å². The van der Waals surface area contributed by atoms with Crippen LogP contribution in [0.1, 0.15) is 35.6 Å². The van der Waals surface area contributed by atoms with E-state index in [2.05, 4.69) is 5.32 Å². The van der Waals surface area contributed by atoms with Crippen LogP contribution in [0.5, 0.6) is 5.75 Å². The molecule has 0 aromatic heterocycles. The molecule has 1 unspecified atom stereocenters. The van der Waals surface area contributed by atoms with Crippen molar-refractivity contribution in [3.8, 4) is 5.75 Å². The molecule has 0 saturated carbocycles. The highest BCUT2D eigenvalue weighted by Gasteiger charge is 2.18. The molecular weight excluding hydrogens is 330 g/mol. The molecule has 0 aliphatic heterocycles. The van der Waals surface area contributed by atoms with Crippen LogP contribution in [0.4, 0.5) is 0 Å². The largest absolute Gasteiger partial charge is 0.493 e. The molecule has 1 atom stereocenters. The maximum absolute atomic E-state index is 12.3. The lowest BCUT2D eigenvalue weighted by Crippen LogP contribution is -2.31. The second-order valence-corrected chi connectivity index (χ2v) is 6.11. The van der Waals surface area contributed by atoms with Gasteiger partial charge in [0, 0.05) is 0 Å². The zero-order chi connectivity index (χ0) is 18.9. The van der Waals surface area contributed by atoms with Crippen LogP contribution in [0, 0.1) is 13.8 Å². The highest BCUT2D eigenvalue weighted by Crippen LogP contribution is 2.21. The van der Waals surface area contributed by atoms with E-state index in [1.54, 1.807) is 0 Å². The van der Waals surface area contributed by atoms with Gasteiger partial charge in [0.1, 0.15) is 5.75 Å². The molecule has 1 amide bonds. The van der Waals surface area contributed by atoms with E-state index in [1.807, 2.05) is 62.4 Å². The molecule has 0 fully saturated rings. The summed E-state index contributed by atoms with van der Waals surface area (Å²) in [6.07, 6.45) is 0.294. The molecule has 0 aliphatic rings. The van der Waals surface area contributed by atoms with Crippen LogP contribution in [-0.4, -0.2) is 25.6 Å². The van der Waals surface area contributed by atoms with Crippen LogP contribution < -0.4 is 10.1 Å². The lowest BCUT2D eigenvalue weighted by molar-refractivity contribution is -0.141. The number of amides is 1. The number of aryl methyl sites for hydroxylation is 1. The first-order valence-electron chi connectivity index (χ1n) is 8.61. The summed E-state index contributed by atoms with van der Waals surface area (Å²) in [5.74, 6) is 0.242. The monoisotopic (exact) mass is 355 g/mol. The Morgan fingerprint density at radius 3 is 2.46 bits per heavy atom.